The van der Waals surface area contributed by atoms with Crippen molar-refractivity contribution in [3.63, 3.8) is 0 Å². The monoisotopic (exact) mass is 313 g/mol. The molecule has 0 amide bonds. The van der Waals surface area contributed by atoms with Gasteiger partial charge in [0, 0.05) is 28.0 Å². The van der Waals surface area contributed by atoms with Crippen molar-refractivity contribution in [2.24, 2.45) is 5.73 Å². The van der Waals surface area contributed by atoms with E-state index in [1.165, 1.54) is 17.9 Å². The highest BCUT2D eigenvalue weighted by Crippen LogP contribution is 2.40. The van der Waals surface area contributed by atoms with Crippen molar-refractivity contribution in [3.8, 4) is 11.5 Å². The molecular formula is C15H23NO2S2. The third-order valence-electron chi connectivity index (χ3n) is 3.64. The van der Waals surface area contributed by atoms with Gasteiger partial charge in [0.05, 0.1) is 14.2 Å². The Kier molecular flexibility index (Phi) is 5.93. The molecule has 0 aromatic heterocycles. The largest absolute Gasteiger partial charge is 0.493 e. The zero-order valence-electron chi connectivity index (χ0n) is 12.3. The van der Waals surface area contributed by atoms with Crippen molar-refractivity contribution in [2.45, 2.75) is 29.9 Å². The summed E-state index contributed by atoms with van der Waals surface area (Å²) in [5, 5.41) is 1.11. The van der Waals surface area contributed by atoms with Gasteiger partial charge >= 0.3 is 0 Å². The molecule has 1 aliphatic rings. The van der Waals surface area contributed by atoms with Gasteiger partial charge in [-0.3, -0.25) is 0 Å². The minimum absolute atomic E-state index is 0.0394. The van der Waals surface area contributed by atoms with E-state index in [0.717, 1.165) is 17.1 Å². The van der Waals surface area contributed by atoms with E-state index in [0.29, 0.717) is 10.5 Å². The van der Waals surface area contributed by atoms with Crippen LogP contribution in [0.5, 0.6) is 11.5 Å². The van der Waals surface area contributed by atoms with Crippen LogP contribution in [0, 0.1) is 0 Å². The molecular weight excluding hydrogens is 290 g/mol. The molecule has 1 fully saturated rings. The molecule has 2 rings (SSSR count). The molecule has 1 saturated heterocycles. The van der Waals surface area contributed by atoms with Gasteiger partial charge in [-0.2, -0.15) is 23.5 Å². The van der Waals surface area contributed by atoms with Gasteiger partial charge in [0.15, 0.2) is 11.5 Å². The maximum atomic E-state index is 6.52. The molecule has 1 aromatic rings. The van der Waals surface area contributed by atoms with Crippen molar-refractivity contribution in [2.75, 3.05) is 25.7 Å². The van der Waals surface area contributed by atoms with Gasteiger partial charge in [-0.1, -0.05) is 13.0 Å². The van der Waals surface area contributed by atoms with E-state index < -0.39 is 0 Å². The van der Waals surface area contributed by atoms with Crippen LogP contribution in [0.4, 0.5) is 0 Å². The van der Waals surface area contributed by atoms with Gasteiger partial charge < -0.3 is 15.2 Å². The van der Waals surface area contributed by atoms with Crippen molar-refractivity contribution >= 4 is 23.5 Å². The van der Waals surface area contributed by atoms with E-state index in [4.69, 9.17) is 15.2 Å². The highest BCUT2D eigenvalue weighted by atomic mass is 32.2. The lowest BCUT2D eigenvalue weighted by Gasteiger charge is -2.34. The molecule has 0 bridgehead atoms. The van der Waals surface area contributed by atoms with Crippen LogP contribution in [0.1, 0.15) is 24.9 Å². The Hall–Kier alpha value is -0.520. The number of thioether (sulfide) groups is 2. The quantitative estimate of drug-likeness (QED) is 0.903. The van der Waals surface area contributed by atoms with E-state index in [1.54, 1.807) is 14.2 Å². The smallest absolute Gasteiger partial charge is 0.161 e. The van der Waals surface area contributed by atoms with Gasteiger partial charge in [-0.25, -0.2) is 0 Å². The van der Waals surface area contributed by atoms with Crippen molar-refractivity contribution in [1.82, 2.24) is 0 Å². The molecule has 3 atom stereocenters. The first-order valence-corrected chi connectivity index (χ1v) is 9.01. The summed E-state index contributed by atoms with van der Waals surface area (Å²) in [7, 11) is 3.31. The molecule has 0 radical (unpaired) electrons. The van der Waals surface area contributed by atoms with Gasteiger partial charge in [0.25, 0.3) is 0 Å². The molecule has 112 valence electrons. The van der Waals surface area contributed by atoms with E-state index in [2.05, 4.69) is 24.8 Å². The van der Waals surface area contributed by atoms with Crippen LogP contribution in [-0.2, 0) is 0 Å². The minimum atomic E-state index is 0.0394. The molecule has 0 aliphatic carbocycles. The van der Waals surface area contributed by atoms with E-state index in [1.807, 2.05) is 23.9 Å². The van der Waals surface area contributed by atoms with Crippen LogP contribution in [0.25, 0.3) is 0 Å². The lowest BCUT2D eigenvalue weighted by atomic mass is 10.0. The second-order valence-corrected chi connectivity index (χ2v) is 7.43. The van der Waals surface area contributed by atoms with Crippen molar-refractivity contribution < 1.29 is 9.47 Å². The summed E-state index contributed by atoms with van der Waals surface area (Å²) in [5.41, 5.74) is 7.65. The predicted octanol–water partition coefficient (Wildman–Crippen LogP) is 3.33. The Morgan fingerprint density at radius 3 is 2.55 bits per heavy atom. The molecule has 0 saturated carbocycles. The molecule has 5 heteroatoms. The second-order valence-electron chi connectivity index (χ2n) is 4.79. The molecule has 1 aromatic carbocycles. The number of nitrogens with two attached hydrogens (primary N) is 1. The summed E-state index contributed by atoms with van der Waals surface area (Å²) < 4.78 is 10.7. The van der Waals surface area contributed by atoms with Crippen LogP contribution >= 0.6 is 23.5 Å². The first-order valence-electron chi connectivity index (χ1n) is 6.92. The molecule has 3 nitrogen and oxygen atoms in total. The normalized spacial score (nSPS) is 24.2. The fourth-order valence-corrected chi connectivity index (χ4v) is 5.70. The van der Waals surface area contributed by atoms with Crippen LogP contribution in [0.2, 0.25) is 0 Å². The first kappa shape index (κ1) is 15.9. The molecule has 2 N–H and O–H groups in total. The Morgan fingerprint density at radius 1 is 1.20 bits per heavy atom. The number of benzene rings is 1. The standard InChI is InChI=1S/C15H23NO2S2/c1-4-13-15(20-8-7-19-13)14(16)10-5-6-11(17-2)12(9-10)18-3/h5-6,9,13-15H,4,7-8,16H2,1-3H3. The summed E-state index contributed by atoms with van der Waals surface area (Å²) in [6, 6.07) is 6.04. The SMILES string of the molecule is CCC1SCCSC1C(N)c1ccc(OC)c(OC)c1. The second kappa shape index (κ2) is 7.48. The van der Waals surface area contributed by atoms with Crippen LogP contribution in [0.3, 0.4) is 0 Å². The summed E-state index contributed by atoms with van der Waals surface area (Å²) in [4.78, 5) is 0. The van der Waals surface area contributed by atoms with Crippen molar-refractivity contribution in [3.05, 3.63) is 23.8 Å². The third-order valence-corrected chi connectivity index (χ3v) is 7.01. The molecule has 1 aliphatic heterocycles. The van der Waals surface area contributed by atoms with Gasteiger partial charge in [0.2, 0.25) is 0 Å². The predicted molar refractivity (Wildman–Crippen MR) is 89.3 cm³/mol. The summed E-state index contributed by atoms with van der Waals surface area (Å²) in [5.74, 6) is 3.92. The maximum Gasteiger partial charge on any atom is 0.161 e. The fourth-order valence-electron chi connectivity index (χ4n) is 2.52. The van der Waals surface area contributed by atoms with E-state index in [-0.39, 0.29) is 6.04 Å². The highest BCUT2D eigenvalue weighted by Gasteiger charge is 2.31. The van der Waals surface area contributed by atoms with Crippen molar-refractivity contribution in [1.29, 1.82) is 0 Å². The molecule has 20 heavy (non-hydrogen) atoms. The zero-order valence-corrected chi connectivity index (χ0v) is 13.9. The summed E-state index contributed by atoms with van der Waals surface area (Å²) in [6.45, 7) is 2.25. The van der Waals surface area contributed by atoms with E-state index >= 15 is 0 Å². The lowest BCUT2D eigenvalue weighted by Crippen LogP contribution is -2.35. The topological polar surface area (TPSA) is 44.5 Å². The average molecular weight is 313 g/mol. The Labute approximate surface area is 130 Å². The average Bonchev–Trinajstić information content (AvgIpc) is 2.53. The number of methoxy groups -OCH3 is 2. The summed E-state index contributed by atoms with van der Waals surface area (Å²) >= 11 is 4.06. The number of hydrogen-bond donors (Lipinski definition) is 1. The molecule has 3 unspecified atom stereocenters. The van der Waals surface area contributed by atoms with Gasteiger partial charge in [-0.05, 0) is 24.1 Å². The fraction of sp³-hybridized carbons (Fsp3) is 0.600. The number of rotatable bonds is 5. The number of hydrogen-bond acceptors (Lipinski definition) is 5. The lowest BCUT2D eigenvalue weighted by molar-refractivity contribution is 0.354. The zero-order chi connectivity index (χ0) is 14.5. The van der Waals surface area contributed by atoms with E-state index in [9.17, 15) is 0 Å². The third kappa shape index (κ3) is 3.38. The van der Waals surface area contributed by atoms with Crippen LogP contribution in [-0.4, -0.2) is 36.2 Å². The summed E-state index contributed by atoms with van der Waals surface area (Å²) in [6.07, 6.45) is 1.17. The maximum absolute atomic E-state index is 6.52. The van der Waals surface area contributed by atoms with Gasteiger partial charge in [-0.15, -0.1) is 0 Å². The first-order chi connectivity index (χ1) is 9.71. The Morgan fingerprint density at radius 2 is 1.90 bits per heavy atom. The molecule has 0 spiro atoms. The van der Waals surface area contributed by atoms with Crippen LogP contribution < -0.4 is 15.2 Å². The van der Waals surface area contributed by atoms with Gasteiger partial charge in [0.1, 0.15) is 0 Å². The molecule has 1 heterocycles. The number of ether oxygens (including phenoxy) is 2. The Bertz CT molecular complexity index is 442. The minimum Gasteiger partial charge on any atom is -0.493 e. The van der Waals surface area contributed by atoms with Crippen LogP contribution in [0.15, 0.2) is 18.2 Å². The Balaban J connectivity index is 2.21. The highest BCUT2D eigenvalue weighted by molar-refractivity contribution is 8.07.